The van der Waals surface area contributed by atoms with Crippen LogP contribution in [0, 0.1) is 0 Å². The molecule has 94 valence electrons. The minimum absolute atomic E-state index is 0.0460. The van der Waals surface area contributed by atoms with Gasteiger partial charge in [-0.2, -0.15) is 0 Å². The maximum atomic E-state index is 12.2. The summed E-state index contributed by atoms with van der Waals surface area (Å²) in [5.41, 5.74) is 1.49. The van der Waals surface area contributed by atoms with Crippen molar-refractivity contribution in [1.82, 2.24) is 4.90 Å². The van der Waals surface area contributed by atoms with Gasteiger partial charge >= 0.3 is 5.97 Å². The summed E-state index contributed by atoms with van der Waals surface area (Å²) in [5.74, 6) is -0.426. The van der Waals surface area contributed by atoms with Gasteiger partial charge in [-0.15, -0.1) is 0 Å². The number of cyclic esters (lactones) is 1. The van der Waals surface area contributed by atoms with Gasteiger partial charge in [-0.25, -0.2) is 4.79 Å². The molecule has 18 heavy (non-hydrogen) atoms. The number of benzene rings is 1. The first-order valence-electron chi connectivity index (χ1n) is 6.33. The van der Waals surface area contributed by atoms with E-state index in [0.29, 0.717) is 12.0 Å². The Morgan fingerprint density at radius 2 is 1.94 bits per heavy atom. The summed E-state index contributed by atoms with van der Waals surface area (Å²) in [6.07, 6.45) is 1.95. The van der Waals surface area contributed by atoms with Gasteiger partial charge in [0.05, 0.1) is 5.56 Å². The predicted molar refractivity (Wildman–Crippen MR) is 65.2 cm³/mol. The zero-order chi connectivity index (χ0) is 12.5. The van der Waals surface area contributed by atoms with E-state index in [9.17, 15) is 9.59 Å². The lowest BCUT2D eigenvalue weighted by Gasteiger charge is -2.27. The fourth-order valence-corrected chi connectivity index (χ4v) is 2.61. The highest BCUT2D eigenvalue weighted by atomic mass is 16.5. The molecule has 1 atom stereocenters. The number of carbonyl (C=O) groups excluding carboxylic acids is 2. The molecule has 1 fully saturated rings. The van der Waals surface area contributed by atoms with Gasteiger partial charge in [-0.3, -0.25) is 4.79 Å². The number of amides is 1. The molecule has 0 radical (unpaired) electrons. The van der Waals surface area contributed by atoms with Crippen molar-refractivity contribution >= 4 is 11.9 Å². The van der Waals surface area contributed by atoms with Crippen molar-refractivity contribution < 1.29 is 14.3 Å². The fraction of sp³-hybridized carbons (Fsp3) is 0.429. The lowest BCUT2D eigenvalue weighted by molar-refractivity contribution is -0.139. The van der Waals surface area contributed by atoms with E-state index in [-0.39, 0.29) is 11.9 Å². The molecule has 4 nitrogen and oxygen atoms in total. The third kappa shape index (κ3) is 1.88. The highest BCUT2D eigenvalue weighted by molar-refractivity contribution is 5.95. The van der Waals surface area contributed by atoms with E-state index in [0.717, 1.165) is 31.5 Å². The normalized spacial score (nSPS) is 22.6. The van der Waals surface area contributed by atoms with Crippen molar-refractivity contribution in [1.29, 1.82) is 0 Å². The lowest BCUT2D eigenvalue weighted by Crippen LogP contribution is -2.43. The maximum absolute atomic E-state index is 12.2. The van der Waals surface area contributed by atoms with Gasteiger partial charge in [0.1, 0.15) is 0 Å². The van der Waals surface area contributed by atoms with Crippen molar-refractivity contribution in [3.05, 3.63) is 35.4 Å². The van der Waals surface area contributed by atoms with Crippen molar-refractivity contribution in [3.63, 3.8) is 0 Å². The van der Waals surface area contributed by atoms with E-state index in [1.54, 1.807) is 11.0 Å². The molecule has 0 unspecified atom stereocenters. The van der Waals surface area contributed by atoms with Crippen LogP contribution < -0.4 is 0 Å². The van der Waals surface area contributed by atoms with Crippen molar-refractivity contribution in [2.45, 2.75) is 25.4 Å². The van der Waals surface area contributed by atoms with Gasteiger partial charge in [0, 0.05) is 19.5 Å². The minimum atomic E-state index is -0.634. The zero-order valence-electron chi connectivity index (χ0n) is 10.1. The second-order valence-corrected chi connectivity index (χ2v) is 4.79. The first-order chi connectivity index (χ1) is 8.75. The molecular formula is C14H15NO3. The highest BCUT2D eigenvalue weighted by Crippen LogP contribution is 2.22. The third-order valence-corrected chi connectivity index (χ3v) is 3.59. The average molecular weight is 245 g/mol. The van der Waals surface area contributed by atoms with Gasteiger partial charge < -0.3 is 9.64 Å². The van der Waals surface area contributed by atoms with E-state index in [4.69, 9.17) is 4.74 Å². The van der Waals surface area contributed by atoms with Crippen LogP contribution >= 0.6 is 0 Å². The van der Waals surface area contributed by atoms with Gasteiger partial charge in [-0.1, -0.05) is 18.2 Å². The Hall–Kier alpha value is -1.84. The van der Waals surface area contributed by atoms with Crippen LogP contribution in [0.1, 0.15) is 28.8 Å². The maximum Gasteiger partial charge on any atom is 0.339 e. The van der Waals surface area contributed by atoms with Gasteiger partial charge in [0.15, 0.2) is 6.10 Å². The predicted octanol–water partition coefficient (Wildman–Crippen LogP) is 1.39. The number of rotatable bonds is 1. The first kappa shape index (κ1) is 11.3. The van der Waals surface area contributed by atoms with Crippen molar-refractivity contribution in [2.24, 2.45) is 0 Å². The van der Waals surface area contributed by atoms with Gasteiger partial charge in [0.2, 0.25) is 0 Å². The van der Waals surface area contributed by atoms with Gasteiger partial charge in [-0.05, 0) is 24.5 Å². The van der Waals surface area contributed by atoms with E-state index in [1.807, 2.05) is 18.2 Å². The Balaban J connectivity index is 1.81. The molecule has 1 saturated heterocycles. The summed E-state index contributed by atoms with van der Waals surface area (Å²) < 4.78 is 5.26. The van der Waals surface area contributed by atoms with Crippen LogP contribution in [0.15, 0.2) is 24.3 Å². The van der Waals surface area contributed by atoms with E-state index in [2.05, 4.69) is 0 Å². The Morgan fingerprint density at radius 1 is 1.22 bits per heavy atom. The van der Waals surface area contributed by atoms with Crippen molar-refractivity contribution in [3.8, 4) is 0 Å². The molecule has 0 bridgehead atoms. The van der Waals surface area contributed by atoms with Crippen LogP contribution in [0.5, 0.6) is 0 Å². The summed E-state index contributed by atoms with van der Waals surface area (Å²) in [5, 5.41) is 0. The second-order valence-electron chi connectivity index (χ2n) is 4.79. The van der Waals surface area contributed by atoms with E-state index >= 15 is 0 Å². The highest BCUT2D eigenvalue weighted by Gasteiger charge is 2.34. The molecule has 3 rings (SSSR count). The molecular weight excluding hydrogens is 230 g/mol. The van der Waals surface area contributed by atoms with Crippen LogP contribution in [-0.4, -0.2) is 36.0 Å². The molecule has 0 aliphatic carbocycles. The number of fused-ring (bicyclic) bond motifs is 1. The average Bonchev–Trinajstić information content (AvgIpc) is 2.91. The Bertz CT molecular complexity index is 492. The van der Waals surface area contributed by atoms with E-state index in [1.165, 1.54) is 0 Å². The molecule has 0 aromatic heterocycles. The van der Waals surface area contributed by atoms with Crippen LogP contribution in [0.2, 0.25) is 0 Å². The first-order valence-corrected chi connectivity index (χ1v) is 6.33. The van der Waals surface area contributed by atoms with Gasteiger partial charge in [0.25, 0.3) is 5.91 Å². The lowest BCUT2D eigenvalue weighted by atomic mass is 9.98. The largest absolute Gasteiger partial charge is 0.448 e. The number of hydrogen-bond donors (Lipinski definition) is 0. The molecule has 1 aromatic rings. The number of esters is 1. The summed E-state index contributed by atoms with van der Waals surface area (Å²) in [6, 6.07) is 7.33. The van der Waals surface area contributed by atoms with Crippen LogP contribution in [0.4, 0.5) is 0 Å². The summed E-state index contributed by atoms with van der Waals surface area (Å²) in [6.45, 7) is 1.57. The third-order valence-electron chi connectivity index (χ3n) is 3.59. The van der Waals surface area contributed by atoms with Crippen LogP contribution in [0.25, 0.3) is 0 Å². The molecule has 2 aliphatic rings. The standard InChI is InChI=1S/C14H15NO3/c16-13(15-7-3-4-8-15)12-9-10-5-1-2-6-11(10)14(17)18-12/h1-2,5-6,12H,3-4,7-9H2/t12-/m0/s1. The summed E-state index contributed by atoms with van der Waals surface area (Å²) in [4.78, 5) is 25.8. The Kier molecular flexibility index (Phi) is 2.78. The number of carbonyl (C=O) groups is 2. The van der Waals surface area contributed by atoms with Crippen molar-refractivity contribution in [2.75, 3.05) is 13.1 Å². The summed E-state index contributed by atoms with van der Waals surface area (Å²) in [7, 11) is 0. The molecule has 4 heteroatoms. The van der Waals surface area contributed by atoms with E-state index < -0.39 is 6.10 Å². The smallest absolute Gasteiger partial charge is 0.339 e. The molecule has 0 N–H and O–H groups in total. The Morgan fingerprint density at radius 3 is 2.72 bits per heavy atom. The SMILES string of the molecule is O=C1O[C@H](C(=O)N2CCCC2)Cc2ccccc21. The monoisotopic (exact) mass is 245 g/mol. The molecule has 1 amide bonds. The summed E-state index contributed by atoms with van der Waals surface area (Å²) >= 11 is 0. The molecule has 2 heterocycles. The second kappa shape index (κ2) is 4.44. The number of hydrogen-bond acceptors (Lipinski definition) is 3. The quantitative estimate of drug-likeness (QED) is 0.702. The number of likely N-dealkylation sites (tertiary alicyclic amines) is 1. The number of ether oxygens (including phenoxy) is 1. The van der Waals surface area contributed by atoms with Crippen LogP contribution in [0.3, 0.4) is 0 Å². The molecule has 1 aromatic carbocycles. The fourth-order valence-electron chi connectivity index (χ4n) is 2.61. The topological polar surface area (TPSA) is 46.6 Å². The zero-order valence-corrected chi connectivity index (χ0v) is 10.1. The number of nitrogens with zero attached hydrogens (tertiary/aromatic N) is 1. The Labute approximate surface area is 106 Å². The minimum Gasteiger partial charge on any atom is -0.448 e. The molecule has 0 spiro atoms. The molecule has 2 aliphatic heterocycles. The van der Waals surface area contributed by atoms with Crippen LogP contribution in [-0.2, 0) is 16.0 Å². The molecule has 0 saturated carbocycles.